The van der Waals surface area contributed by atoms with Crippen LogP contribution in [0, 0.1) is 0 Å². The molecule has 1 aromatic heterocycles. The summed E-state index contributed by atoms with van der Waals surface area (Å²) in [7, 11) is 0. The van der Waals surface area contributed by atoms with Crippen LogP contribution < -0.4 is 22.1 Å². The molecule has 0 radical (unpaired) electrons. The maximum Gasteiger partial charge on any atom is 0.326 e. The third-order valence-electron chi connectivity index (χ3n) is 5.47. The maximum atomic E-state index is 12.9. The van der Waals surface area contributed by atoms with Crippen molar-refractivity contribution in [2.75, 3.05) is 13.1 Å². The van der Waals surface area contributed by atoms with Crippen molar-refractivity contribution in [3.8, 4) is 0 Å². The number of carboxylic acid groups (broad SMARTS) is 1. The molecule has 4 atom stereocenters. The highest BCUT2D eigenvalue weighted by Crippen LogP contribution is 2.19. The van der Waals surface area contributed by atoms with Gasteiger partial charge in [-0.1, -0.05) is 6.42 Å². The van der Waals surface area contributed by atoms with Crippen molar-refractivity contribution >= 4 is 23.7 Å². The Hall–Kier alpha value is -2.99. The molecule has 0 saturated carbocycles. The van der Waals surface area contributed by atoms with Crippen molar-refractivity contribution in [2.24, 2.45) is 11.5 Å². The molecule has 178 valence electrons. The van der Waals surface area contributed by atoms with Gasteiger partial charge in [-0.05, 0) is 39.2 Å². The second kappa shape index (κ2) is 12.2. The van der Waals surface area contributed by atoms with Gasteiger partial charge in [-0.2, -0.15) is 0 Å². The number of carbonyl (C=O) groups excluding carboxylic acids is 3. The van der Waals surface area contributed by atoms with Gasteiger partial charge in [0.25, 0.3) is 0 Å². The number of likely N-dealkylation sites (tertiary alicyclic amines) is 1. The molecular weight excluding hydrogens is 418 g/mol. The first-order valence-electron chi connectivity index (χ1n) is 10.8. The van der Waals surface area contributed by atoms with Crippen LogP contribution >= 0.6 is 0 Å². The lowest BCUT2D eigenvalue weighted by Crippen LogP contribution is -2.56. The number of hydrogen-bond donors (Lipinski definition) is 6. The summed E-state index contributed by atoms with van der Waals surface area (Å²) in [6.45, 7) is 2.41. The second-order valence-corrected chi connectivity index (χ2v) is 7.99. The lowest BCUT2D eigenvalue weighted by molar-refractivity contribution is -0.144. The van der Waals surface area contributed by atoms with Crippen molar-refractivity contribution in [1.29, 1.82) is 0 Å². The zero-order chi connectivity index (χ0) is 23.7. The number of carboxylic acids is 1. The van der Waals surface area contributed by atoms with Crippen molar-refractivity contribution in [3.63, 3.8) is 0 Å². The van der Waals surface area contributed by atoms with Crippen LogP contribution in [0.15, 0.2) is 12.5 Å². The van der Waals surface area contributed by atoms with E-state index in [-0.39, 0.29) is 6.42 Å². The molecule has 0 aliphatic carbocycles. The van der Waals surface area contributed by atoms with Gasteiger partial charge in [0.2, 0.25) is 17.7 Å². The van der Waals surface area contributed by atoms with E-state index in [1.54, 1.807) is 6.92 Å². The van der Waals surface area contributed by atoms with Crippen LogP contribution in [0.1, 0.15) is 44.7 Å². The lowest BCUT2D eigenvalue weighted by Gasteiger charge is -2.28. The minimum Gasteiger partial charge on any atom is -0.480 e. The molecule has 1 aliphatic heterocycles. The Morgan fingerprint density at radius 3 is 2.69 bits per heavy atom. The average molecular weight is 452 g/mol. The number of nitrogens with zero attached hydrogens (tertiary/aromatic N) is 2. The molecule has 2 rings (SSSR count). The number of rotatable bonds is 12. The summed E-state index contributed by atoms with van der Waals surface area (Å²) in [4.78, 5) is 57.6. The number of nitrogens with one attached hydrogen (secondary N) is 3. The molecule has 32 heavy (non-hydrogen) atoms. The van der Waals surface area contributed by atoms with E-state index in [1.807, 2.05) is 0 Å². The van der Waals surface area contributed by atoms with E-state index < -0.39 is 47.9 Å². The molecule has 0 spiro atoms. The lowest BCUT2D eigenvalue weighted by atomic mass is 10.1. The molecule has 1 aliphatic rings. The number of imidazole rings is 1. The number of aromatic nitrogens is 2. The van der Waals surface area contributed by atoms with Gasteiger partial charge in [-0.3, -0.25) is 14.4 Å². The topological polar surface area (TPSA) is 197 Å². The Morgan fingerprint density at radius 2 is 2.06 bits per heavy atom. The number of nitrogens with two attached hydrogens (primary N) is 2. The largest absolute Gasteiger partial charge is 0.480 e. The second-order valence-electron chi connectivity index (χ2n) is 7.99. The van der Waals surface area contributed by atoms with Crippen molar-refractivity contribution < 1.29 is 24.3 Å². The first-order valence-corrected chi connectivity index (χ1v) is 10.8. The summed E-state index contributed by atoms with van der Waals surface area (Å²) >= 11 is 0. The molecule has 1 saturated heterocycles. The van der Waals surface area contributed by atoms with Crippen LogP contribution in [0.3, 0.4) is 0 Å². The maximum absolute atomic E-state index is 12.9. The Kier molecular flexibility index (Phi) is 9.60. The number of amides is 3. The molecule has 12 nitrogen and oxygen atoms in total. The summed E-state index contributed by atoms with van der Waals surface area (Å²) < 4.78 is 0. The highest BCUT2D eigenvalue weighted by Gasteiger charge is 2.38. The van der Waals surface area contributed by atoms with Crippen LogP contribution in [0.4, 0.5) is 0 Å². The number of carbonyl (C=O) groups is 4. The first kappa shape index (κ1) is 25.3. The van der Waals surface area contributed by atoms with Gasteiger partial charge in [0.15, 0.2) is 0 Å². The van der Waals surface area contributed by atoms with E-state index in [4.69, 9.17) is 11.5 Å². The highest BCUT2D eigenvalue weighted by molar-refractivity contribution is 5.94. The molecular formula is C20H33N7O5. The van der Waals surface area contributed by atoms with Crippen molar-refractivity contribution in [3.05, 3.63) is 18.2 Å². The fraction of sp³-hybridized carbons (Fsp3) is 0.650. The zero-order valence-electron chi connectivity index (χ0n) is 18.3. The van der Waals surface area contributed by atoms with Gasteiger partial charge >= 0.3 is 5.97 Å². The van der Waals surface area contributed by atoms with Crippen LogP contribution in [-0.2, 0) is 25.6 Å². The SMILES string of the molecule is CC(NC(=O)C(N)CCCCN)C(=O)N1CCCC1C(=O)NC(Cc1cnc[nH]1)C(=O)O. The van der Waals surface area contributed by atoms with Gasteiger partial charge in [-0.15, -0.1) is 0 Å². The van der Waals surface area contributed by atoms with Crippen molar-refractivity contribution in [2.45, 2.75) is 69.6 Å². The molecule has 2 heterocycles. The molecule has 1 aromatic rings. The highest BCUT2D eigenvalue weighted by atomic mass is 16.4. The van der Waals surface area contributed by atoms with Crippen LogP contribution in [0.5, 0.6) is 0 Å². The Morgan fingerprint density at radius 1 is 1.31 bits per heavy atom. The van der Waals surface area contributed by atoms with Gasteiger partial charge in [0.1, 0.15) is 18.1 Å². The molecule has 3 amide bonds. The minimum absolute atomic E-state index is 0.0379. The minimum atomic E-state index is -1.19. The summed E-state index contributed by atoms with van der Waals surface area (Å²) in [5.41, 5.74) is 11.9. The Labute approximate surface area is 186 Å². The van der Waals surface area contributed by atoms with Crippen LogP contribution in [0.25, 0.3) is 0 Å². The average Bonchev–Trinajstić information content (AvgIpc) is 3.44. The summed E-state index contributed by atoms with van der Waals surface area (Å²) in [6.07, 6.45) is 5.89. The van der Waals surface area contributed by atoms with E-state index in [0.717, 1.165) is 6.42 Å². The number of H-pyrrole nitrogens is 1. The Bertz CT molecular complexity index is 785. The fourth-order valence-electron chi connectivity index (χ4n) is 3.66. The molecule has 1 fully saturated rings. The number of unbranched alkanes of at least 4 members (excludes halogenated alkanes) is 1. The summed E-state index contributed by atoms with van der Waals surface area (Å²) in [6, 6.07) is -3.57. The van der Waals surface area contributed by atoms with E-state index in [9.17, 15) is 24.3 Å². The molecule has 0 aromatic carbocycles. The van der Waals surface area contributed by atoms with Gasteiger partial charge in [-0.25, -0.2) is 9.78 Å². The molecule has 12 heteroatoms. The predicted octanol–water partition coefficient (Wildman–Crippen LogP) is -1.53. The van der Waals surface area contributed by atoms with Gasteiger partial charge < -0.3 is 37.1 Å². The fourth-order valence-corrected chi connectivity index (χ4v) is 3.66. The van der Waals surface area contributed by atoms with Crippen LogP contribution in [0.2, 0.25) is 0 Å². The standard InChI is InChI=1S/C20H33N7O5/c1-12(25-17(28)14(22)5-2-3-7-21)19(30)27-8-4-6-16(27)18(29)26-15(20(31)32)9-13-10-23-11-24-13/h10-12,14-16H,2-9,21-22H2,1H3,(H,23,24)(H,25,28)(H,26,29)(H,31,32). The van der Waals surface area contributed by atoms with E-state index in [0.29, 0.717) is 44.5 Å². The first-order chi connectivity index (χ1) is 15.2. The third-order valence-corrected chi connectivity index (χ3v) is 5.47. The zero-order valence-corrected chi connectivity index (χ0v) is 18.3. The molecule has 8 N–H and O–H groups in total. The van der Waals surface area contributed by atoms with Gasteiger partial charge in [0.05, 0.1) is 12.4 Å². The quantitative estimate of drug-likeness (QED) is 0.206. The van der Waals surface area contributed by atoms with E-state index in [1.165, 1.54) is 17.4 Å². The monoisotopic (exact) mass is 451 g/mol. The normalized spacial score (nSPS) is 18.6. The summed E-state index contributed by atoms with van der Waals surface area (Å²) in [5, 5.41) is 14.6. The van der Waals surface area contributed by atoms with Crippen LogP contribution in [-0.4, -0.2) is 80.9 Å². The molecule has 0 bridgehead atoms. The van der Waals surface area contributed by atoms with Gasteiger partial charge in [0, 0.05) is 24.9 Å². The van der Waals surface area contributed by atoms with E-state index >= 15 is 0 Å². The third kappa shape index (κ3) is 7.02. The predicted molar refractivity (Wildman–Crippen MR) is 115 cm³/mol. The Balaban J connectivity index is 1.94. The number of aromatic amines is 1. The van der Waals surface area contributed by atoms with E-state index in [2.05, 4.69) is 20.6 Å². The summed E-state index contributed by atoms with van der Waals surface area (Å²) in [5.74, 6) is -2.58. The molecule has 4 unspecified atom stereocenters. The number of hydrogen-bond acceptors (Lipinski definition) is 7. The number of aliphatic carboxylic acids is 1. The smallest absolute Gasteiger partial charge is 0.326 e. The van der Waals surface area contributed by atoms with Crippen molar-refractivity contribution in [1.82, 2.24) is 25.5 Å².